The molecule has 0 unspecified atom stereocenters. The van der Waals surface area contributed by atoms with E-state index < -0.39 is 0 Å². The van der Waals surface area contributed by atoms with Gasteiger partial charge in [0.1, 0.15) is 0 Å². The van der Waals surface area contributed by atoms with Gasteiger partial charge in [-0.05, 0) is 0 Å². The molecule has 0 saturated heterocycles. The second-order valence-corrected chi connectivity index (χ2v) is 4.43. The molecule has 0 aliphatic heterocycles. The average molecular weight is 284 g/mol. The van der Waals surface area contributed by atoms with Gasteiger partial charge in [0.05, 0.1) is 0 Å². The zero-order chi connectivity index (χ0) is 7.40. The molecule has 1 aromatic carbocycles. The first-order valence-corrected chi connectivity index (χ1v) is 7.04. The van der Waals surface area contributed by atoms with Crippen LogP contribution in [0.3, 0.4) is 0 Å². The topological polar surface area (TPSA) is 0 Å². The zero-order valence-electron chi connectivity index (χ0n) is 5.18. The molecule has 0 bridgehead atoms. The molecule has 0 aromatic heterocycles. The van der Waals surface area contributed by atoms with Crippen LogP contribution >= 0.6 is 26.0 Å². The molecule has 0 spiro atoms. The molecule has 1 aromatic rings. The van der Waals surface area contributed by atoms with Gasteiger partial charge >= 0.3 is 79.7 Å². The summed E-state index contributed by atoms with van der Waals surface area (Å²) >= 11 is 3.50. The van der Waals surface area contributed by atoms with Crippen molar-refractivity contribution in [3.63, 3.8) is 0 Å². The van der Waals surface area contributed by atoms with E-state index in [4.69, 9.17) is 10.1 Å². The van der Waals surface area contributed by atoms with E-state index in [-0.39, 0.29) is 14.0 Å². The fourth-order valence-corrected chi connectivity index (χ4v) is 3.15. The Labute approximate surface area is 79.5 Å². The van der Waals surface area contributed by atoms with E-state index >= 15 is 0 Å². The Balaban J connectivity index is 2.96. The van der Waals surface area contributed by atoms with Crippen LogP contribution in [-0.2, 0) is 5.33 Å². The van der Waals surface area contributed by atoms with Crippen molar-refractivity contribution in [2.24, 2.45) is 0 Å². The fourth-order valence-electron chi connectivity index (χ4n) is 0.689. The van der Waals surface area contributed by atoms with Crippen molar-refractivity contribution in [3.05, 3.63) is 29.8 Å². The zero-order valence-corrected chi connectivity index (χ0v) is 9.24. The van der Waals surface area contributed by atoms with Gasteiger partial charge in [-0.1, -0.05) is 0 Å². The first kappa shape index (κ1) is 8.60. The summed E-state index contributed by atoms with van der Waals surface area (Å²) in [6.45, 7) is 0. The molecular formula is C7H6BrClSe. The Hall–Kier alpha value is 0.509. The summed E-state index contributed by atoms with van der Waals surface area (Å²) in [6.07, 6.45) is 0. The summed E-state index contributed by atoms with van der Waals surface area (Å²) in [4.78, 5) is 0. The van der Waals surface area contributed by atoms with Gasteiger partial charge in [0.2, 0.25) is 0 Å². The number of rotatable bonds is 2. The van der Waals surface area contributed by atoms with E-state index in [9.17, 15) is 0 Å². The Morgan fingerprint density at radius 3 is 2.60 bits per heavy atom. The van der Waals surface area contributed by atoms with Crippen molar-refractivity contribution in [3.8, 4) is 0 Å². The molecule has 1 rings (SSSR count). The third kappa shape index (κ3) is 1.99. The van der Waals surface area contributed by atoms with Crippen LogP contribution in [0.25, 0.3) is 0 Å². The molecule has 0 aliphatic rings. The summed E-state index contributed by atoms with van der Waals surface area (Å²) in [6, 6.07) is 8.21. The van der Waals surface area contributed by atoms with Gasteiger partial charge in [0.15, 0.2) is 0 Å². The van der Waals surface area contributed by atoms with Crippen LogP contribution in [0.4, 0.5) is 0 Å². The van der Waals surface area contributed by atoms with Gasteiger partial charge in [-0.15, -0.1) is 0 Å². The predicted octanol–water partition coefficient (Wildman–Crippen LogP) is 2.06. The number of hydrogen-bond acceptors (Lipinski definition) is 0. The molecule has 0 saturated carbocycles. The van der Waals surface area contributed by atoms with Crippen molar-refractivity contribution in [2.75, 3.05) is 0 Å². The average Bonchev–Trinajstić information content (AvgIpc) is 2.04. The second-order valence-electron chi connectivity index (χ2n) is 1.82. The fraction of sp³-hybridized carbons (Fsp3) is 0.143. The minimum atomic E-state index is 0.102. The van der Waals surface area contributed by atoms with E-state index in [1.165, 1.54) is 10.0 Å². The SMILES string of the molecule is Cl[Se]c1ccccc1CBr. The summed E-state index contributed by atoms with van der Waals surface area (Å²) in [5.41, 5.74) is 1.30. The number of hydrogen-bond donors (Lipinski definition) is 0. The van der Waals surface area contributed by atoms with Crippen LogP contribution in [-0.4, -0.2) is 14.0 Å². The van der Waals surface area contributed by atoms with E-state index in [0.29, 0.717) is 0 Å². The van der Waals surface area contributed by atoms with Gasteiger partial charge in [0, 0.05) is 0 Å². The van der Waals surface area contributed by atoms with Crippen LogP contribution in [0.15, 0.2) is 24.3 Å². The molecular weight excluding hydrogens is 278 g/mol. The molecule has 0 fully saturated rings. The monoisotopic (exact) mass is 284 g/mol. The first-order valence-electron chi connectivity index (χ1n) is 2.81. The van der Waals surface area contributed by atoms with Crippen LogP contribution in [0, 0.1) is 0 Å². The van der Waals surface area contributed by atoms with E-state index in [1.807, 2.05) is 12.1 Å². The summed E-state index contributed by atoms with van der Waals surface area (Å²) in [5, 5.41) is 0.900. The van der Waals surface area contributed by atoms with E-state index in [0.717, 1.165) is 5.33 Å². The van der Waals surface area contributed by atoms with Gasteiger partial charge in [-0.2, -0.15) is 0 Å². The Kier molecular flexibility index (Phi) is 3.79. The van der Waals surface area contributed by atoms with Crippen molar-refractivity contribution in [2.45, 2.75) is 5.33 Å². The molecule has 10 heavy (non-hydrogen) atoms. The second kappa shape index (κ2) is 4.40. The first-order chi connectivity index (χ1) is 4.88. The Morgan fingerprint density at radius 1 is 1.40 bits per heavy atom. The molecule has 0 N–H and O–H groups in total. The predicted molar refractivity (Wildman–Crippen MR) is 50.3 cm³/mol. The molecule has 54 valence electrons. The van der Waals surface area contributed by atoms with Crippen molar-refractivity contribution < 1.29 is 0 Å². The molecule has 3 heteroatoms. The summed E-state index contributed by atoms with van der Waals surface area (Å²) in [7, 11) is 5.75. The van der Waals surface area contributed by atoms with Crippen molar-refractivity contribution in [1.29, 1.82) is 0 Å². The third-order valence-corrected chi connectivity index (χ3v) is 3.85. The maximum absolute atomic E-state index is 5.75. The molecule has 0 nitrogen and oxygen atoms in total. The van der Waals surface area contributed by atoms with Crippen LogP contribution in [0.5, 0.6) is 0 Å². The molecule has 0 aliphatic carbocycles. The Morgan fingerprint density at radius 2 is 2.10 bits per heavy atom. The van der Waals surface area contributed by atoms with Gasteiger partial charge < -0.3 is 0 Å². The standard InChI is InChI=1S/C7H6BrClSe/c8-5-6-3-1-2-4-7(6)10-9/h1-4H,5H2. The van der Waals surface area contributed by atoms with Crippen molar-refractivity contribution >= 4 is 44.5 Å². The third-order valence-electron chi connectivity index (χ3n) is 1.20. The summed E-state index contributed by atoms with van der Waals surface area (Å²) < 4.78 is 1.27. The Bertz CT molecular complexity index is 192. The van der Waals surface area contributed by atoms with Crippen LogP contribution < -0.4 is 4.46 Å². The van der Waals surface area contributed by atoms with Gasteiger partial charge in [-0.25, -0.2) is 0 Å². The van der Waals surface area contributed by atoms with Gasteiger partial charge in [0.25, 0.3) is 0 Å². The van der Waals surface area contributed by atoms with Crippen LogP contribution in [0.1, 0.15) is 5.56 Å². The molecule has 0 heterocycles. The van der Waals surface area contributed by atoms with E-state index in [2.05, 4.69) is 28.1 Å². The quantitative estimate of drug-likeness (QED) is 0.576. The number of benzene rings is 1. The minimum absolute atomic E-state index is 0.102. The van der Waals surface area contributed by atoms with Crippen LogP contribution in [0.2, 0.25) is 0 Å². The number of halogens is 2. The molecule has 0 radical (unpaired) electrons. The summed E-state index contributed by atoms with van der Waals surface area (Å²) in [5.74, 6) is 0. The van der Waals surface area contributed by atoms with E-state index in [1.54, 1.807) is 0 Å². The molecule has 0 amide bonds. The normalized spacial score (nSPS) is 9.80. The van der Waals surface area contributed by atoms with Crippen molar-refractivity contribution in [1.82, 2.24) is 0 Å². The molecule has 0 atom stereocenters. The number of alkyl halides is 1. The van der Waals surface area contributed by atoms with Gasteiger partial charge in [-0.3, -0.25) is 0 Å². The maximum atomic E-state index is 5.75.